The van der Waals surface area contributed by atoms with E-state index in [1.807, 2.05) is 0 Å². The highest BCUT2D eigenvalue weighted by Crippen LogP contribution is 2.70. The maximum absolute atomic E-state index is 2.76. The van der Waals surface area contributed by atoms with Crippen LogP contribution in [0.3, 0.4) is 0 Å². The van der Waals surface area contributed by atoms with Crippen molar-refractivity contribution in [3.05, 3.63) is 0 Å². The lowest BCUT2D eigenvalue weighted by Crippen LogP contribution is -2.56. The largest absolute Gasteiger partial charge is 0.241 e. The van der Waals surface area contributed by atoms with Crippen LogP contribution < -0.4 is 0 Å². The molecule has 1 rings (SSSR count). The first-order valence-electron chi connectivity index (χ1n) is 5.05. The normalized spacial score (nSPS) is 28.8. The van der Waals surface area contributed by atoms with Gasteiger partial charge in [-0.05, 0) is 95.6 Å². The molecule has 0 atom stereocenters. The van der Waals surface area contributed by atoms with Gasteiger partial charge in [-0.25, -0.2) is 4.31 Å². The summed E-state index contributed by atoms with van der Waals surface area (Å²) in [4.78, 5) is 0. The summed E-state index contributed by atoms with van der Waals surface area (Å²) in [5, 5.41) is 0. The molecule has 0 amide bonds. The summed E-state index contributed by atoms with van der Waals surface area (Å²) in [7, 11) is 0. The smallest absolute Gasteiger partial charge is 0.0261 e. The second kappa shape index (κ2) is 4.22. The van der Waals surface area contributed by atoms with E-state index in [0.29, 0.717) is 11.1 Å². The summed E-state index contributed by atoms with van der Waals surface area (Å²) >= 11 is 5.28. The van der Waals surface area contributed by atoms with Crippen LogP contribution in [0.1, 0.15) is 47.0 Å². The number of halogens is 2. The average molecular weight is 441 g/mol. The molecular weight excluding hydrogens is 420 g/mol. The van der Waals surface area contributed by atoms with Crippen LogP contribution in [-0.2, 0) is 0 Å². The molecule has 0 aromatic rings. The van der Waals surface area contributed by atoms with Gasteiger partial charge in [-0.3, -0.25) is 0 Å². The molecule has 0 aromatic carbocycles. The van der Waals surface area contributed by atoms with E-state index >= 15 is 0 Å². The molecule has 1 aliphatic heterocycles. The second-order valence-corrected chi connectivity index (χ2v) is 22.5. The van der Waals surface area contributed by atoms with E-state index in [0.717, 1.165) is 0 Å². The summed E-state index contributed by atoms with van der Waals surface area (Å²) in [6.07, 6.45) is 6.44. The van der Waals surface area contributed by atoms with Gasteiger partial charge in [0.15, 0.2) is 0 Å². The number of nitrogens with zero attached hydrogens (tertiary/aromatic N) is 1. The molecule has 14 heavy (non-hydrogen) atoms. The molecule has 0 saturated carbocycles. The van der Waals surface area contributed by atoms with E-state index in [2.05, 4.69) is 80.7 Å². The number of piperidine rings is 1. The van der Waals surface area contributed by atoms with Crippen molar-refractivity contribution in [2.75, 3.05) is 6.26 Å². The summed E-state index contributed by atoms with van der Waals surface area (Å²) in [5.74, 6) is 0. The van der Waals surface area contributed by atoms with Crippen LogP contribution in [0.25, 0.3) is 0 Å². The van der Waals surface area contributed by atoms with Gasteiger partial charge in [0.1, 0.15) is 0 Å². The first-order valence-corrected chi connectivity index (χ1v) is 12.1. The lowest BCUT2D eigenvalue weighted by atomic mass is 9.83. The molecule has 4 heteroatoms. The zero-order chi connectivity index (χ0) is 11.2. The Morgan fingerprint density at radius 1 is 1.00 bits per heavy atom. The minimum absolute atomic E-state index is 0.369. The first kappa shape index (κ1) is 13.8. The maximum atomic E-state index is 2.76. The molecule has 0 aliphatic carbocycles. The number of rotatable bonds is 1. The van der Waals surface area contributed by atoms with Crippen LogP contribution >= 0.6 is 47.0 Å². The Labute approximate surface area is 114 Å². The van der Waals surface area contributed by atoms with E-state index in [-0.39, 0.29) is 0 Å². The van der Waals surface area contributed by atoms with Gasteiger partial charge in [-0.1, -0.05) is 4.56 Å². The Kier molecular flexibility index (Phi) is 4.17. The molecule has 1 heterocycles. The third-order valence-electron chi connectivity index (χ3n) is 3.00. The SMILES string of the molecule is CC1(C)CCCC(C)(C)N1S(C)(I)I. The molecule has 0 N–H and O–H groups in total. The van der Waals surface area contributed by atoms with E-state index in [1.165, 1.54) is 19.3 Å². The Bertz CT molecular complexity index is 205. The third kappa shape index (κ3) is 2.91. The van der Waals surface area contributed by atoms with Crippen LogP contribution in [0, 0.1) is 0 Å². The van der Waals surface area contributed by atoms with Gasteiger partial charge in [0.25, 0.3) is 0 Å². The fourth-order valence-electron chi connectivity index (χ4n) is 2.84. The number of hydrogen-bond donors (Lipinski definition) is 0. The molecule has 0 radical (unpaired) electrons. The predicted octanol–water partition coefficient (Wildman–Crippen LogP) is 5.08. The zero-order valence-electron chi connectivity index (χ0n) is 9.73. The fourth-order valence-corrected chi connectivity index (χ4v) is 11.2. The predicted molar refractivity (Wildman–Crippen MR) is 85.4 cm³/mol. The van der Waals surface area contributed by atoms with Crippen LogP contribution in [0.4, 0.5) is 0 Å². The third-order valence-corrected chi connectivity index (χ3v) is 6.99. The van der Waals surface area contributed by atoms with Crippen molar-refractivity contribution in [1.29, 1.82) is 0 Å². The summed E-state index contributed by atoms with van der Waals surface area (Å²) < 4.78 is 2.09. The number of hydrogen-bond acceptors (Lipinski definition) is 1. The highest BCUT2D eigenvalue weighted by Gasteiger charge is 2.46. The molecular formula is C10H21I2NS. The van der Waals surface area contributed by atoms with Gasteiger partial charge < -0.3 is 0 Å². The summed E-state index contributed by atoms with van der Waals surface area (Å²) in [6.45, 7) is 9.60. The van der Waals surface area contributed by atoms with Gasteiger partial charge in [0.2, 0.25) is 0 Å². The Balaban J connectivity index is 3.04. The molecule has 1 aliphatic rings. The average Bonchev–Trinajstić information content (AvgIpc) is 1.76. The minimum atomic E-state index is -0.668. The summed E-state index contributed by atoms with van der Waals surface area (Å²) in [5.41, 5.74) is 0.739. The van der Waals surface area contributed by atoms with E-state index < -0.39 is 4.56 Å². The molecule has 1 fully saturated rings. The molecule has 86 valence electrons. The van der Waals surface area contributed by atoms with E-state index in [1.54, 1.807) is 0 Å². The van der Waals surface area contributed by atoms with Gasteiger partial charge in [0.05, 0.1) is 0 Å². The van der Waals surface area contributed by atoms with Crippen molar-refractivity contribution in [3.8, 4) is 0 Å². The highest BCUT2D eigenvalue weighted by molar-refractivity contribution is 14.3. The van der Waals surface area contributed by atoms with Gasteiger partial charge in [-0.15, -0.1) is 0 Å². The Morgan fingerprint density at radius 2 is 1.36 bits per heavy atom. The van der Waals surface area contributed by atoms with Crippen molar-refractivity contribution < 1.29 is 0 Å². The van der Waals surface area contributed by atoms with Gasteiger partial charge in [-0.2, -0.15) is 0 Å². The van der Waals surface area contributed by atoms with Crippen molar-refractivity contribution in [1.82, 2.24) is 4.31 Å². The first-order chi connectivity index (χ1) is 6.07. The van der Waals surface area contributed by atoms with Crippen LogP contribution in [0.2, 0.25) is 0 Å². The minimum Gasteiger partial charge on any atom is -0.241 e. The molecule has 1 nitrogen and oxygen atoms in total. The Morgan fingerprint density at radius 3 is 1.57 bits per heavy atom. The summed E-state index contributed by atoms with van der Waals surface area (Å²) in [6, 6.07) is 0. The van der Waals surface area contributed by atoms with Crippen molar-refractivity contribution >= 4 is 47.0 Å². The highest BCUT2D eigenvalue weighted by atomic mass is 127. The Hall–Kier alpha value is 1.77. The molecule has 0 aromatic heterocycles. The topological polar surface area (TPSA) is 3.24 Å². The van der Waals surface area contributed by atoms with E-state index in [9.17, 15) is 0 Å². The fraction of sp³-hybridized carbons (Fsp3) is 1.00. The molecule has 0 spiro atoms. The monoisotopic (exact) mass is 441 g/mol. The van der Waals surface area contributed by atoms with Crippen LogP contribution in [-0.4, -0.2) is 21.6 Å². The van der Waals surface area contributed by atoms with Crippen LogP contribution in [0.5, 0.6) is 0 Å². The molecule has 1 saturated heterocycles. The molecule has 0 unspecified atom stereocenters. The zero-order valence-corrected chi connectivity index (χ0v) is 14.9. The van der Waals surface area contributed by atoms with Crippen molar-refractivity contribution in [2.24, 2.45) is 0 Å². The lowest BCUT2D eigenvalue weighted by molar-refractivity contribution is 0.0674. The van der Waals surface area contributed by atoms with Crippen molar-refractivity contribution in [2.45, 2.75) is 58.0 Å². The lowest BCUT2D eigenvalue weighted by Gasteiger charge is -2.58. The van der Waals surface area contributed by atoms with Crippen LogP contribution in [0.15, 0.2) is 0 Å². The van der Waals surface area contributed by atoms with Gasteiger partial charge in [0, 0.05) is 11.1 Å². The maximum Gasteiger partial charge on any atom is 0.0261 e. The van der Waals surface area contributed by atoms with E-state index in [4.69, 9.17) is 0 Å². The van der Waals surface area contributed by atoms with Gasteiger partial charge >= 0.3 is 0 Å². The second-order valence-electron chi connectivity index (χ2n) is 5.46. The molecule has 0 bridgehead atoms. The van der Waals surface area contributed by atoms with Crippen molar-refractivity contribution in [3.63, 3.8) is 0 Å². The standard InChI is InChI=1S/C10H21I2NS/c1-9(2)7-6-8-10(3,4)13(9)14(5,11)12/h6-8H2,1-5H3. The quantitative estimate of drug-likeness (QED) is 0.514.